The molecular weight excluding hydrogens is 212 g/mol. The number of aromatic amines is 1. The highest BCUT2D eigenvalue weighted by molar-refractivity contribution is 5.73. The Kier molecular flexibility index (Phi) is 4.09. The van der Waals surface area contributed by atoms with Crippen LogP contribution in [0.15, 0.2) is 18.5 Å². The number of H-pyrrole nitrogens is 1. The first kappa shape index (κ1) is 12.0. The van der Waals surface area contributed by atoms with Crippen molar-refractivity contribution in [2.24, 2.45) is 11.7 Å². The second kappa shape index (κ2) is 5.77. The molecule has 0 aliphatic carbocycles. The minimum Gasteiger partial charge on any atom is -0.341 e. The Bertz CT molecular complexity index is 430. The molecule has 92 valence electrons. The van der Waals surface area contributed by atoms with Gasteiger partial charge in [0.2, 0.25) is 0 Å². The number of rotatable bonds is 6. The Hall–Kier alpha value is -1.42. The zero-order valence-electron chi connectivity index (χ0n) is 10.3. The molecule has 0 amide bonds. The van der Waals surface area contributed by atoms with Crippen LogP contribution in [0, 0.1) is 5.92 Å². The largest absolute Gasteiger partial charge is 0.341 e. The first-order valence-corrected chi connectivity index (χ1v) is 6.32. The van der Waals surface area contributed by atoms with Gasteiger partial charge in [0.15, 0.2) is 0 Å². The Morgan fingerprint density at radius 2 is 2.29 bits per heavy atom. The second-order valence-corrected chi connectivity index (χ2v) is 4.47. The minimum atomic E-state index is 0.714. The molecule has 3 N–H and O–H groups in total. The lowest BCUT2D eigenvalue weighted by atomic mass is 9.96. The zero-order chi connectivity index (χ0) is 12.1. The predicted octanol–water partition coefficient (Wildman–Crippen LogP) is 2.27. The van der Waals surface area contributed by atoms with E-state index in [1.165, 1.54) is 6.42 Å². The van der Waals surface area contributed by atoms with Crippen molar-refractivity contribution in [3.8, 4) is 0 Å². The lowest BCUT2D eigenvalue weighted by molar-refractivity contribution is 0.440. The van der Waals surface area contributed by atoms with Gasteiger partial charge < -0.3 is 10.7 Å². The summed E-state index contributed by atoms with van der Waals surface area (Å²) >= 11 is 0. The minimum absolute atomic E-state index is 0.714. The van der Waals surface area contributed by atoms with Gasteiger partial charge in [-0.2, -0.15) is 0 Å². The van der Waals surface area contributed by atoms with Gasteiger partial charge in [-0.3, -0.25) is 4.98 Å². The number of nitrogens with two attached hydrogens (primary N) is 1. The van der Waals surface area contributed by atoms with Gasteiger partial charge in [-0.05, 0) is 31.4 Å². The summed E-state index contributed by atoms with van der Waals surface area (Å²) in [5.41, 5.74) is 7.63. The number of nitrogens with zero attached hydrogens (tertiary/aromatic N) is 2. The molecule has 0 spiro atoms. The molecule has 0 aromatic carbocycles. The van der Waals surface area contributed by atoms with Crippen LogP contribution in [0.3, 0.4) is 0 Å². The van der Waals surface area contributed by atoms with Crippen LogP contribution in [0.2, 0.25) is 0 Å². The first-order chi connectivity index (χ1) is 8.33. The van der Waals surface area contributed by atoms with Gasteiger partial charge in [-0.25, -0.2) is 4.98 Å². The van der Waals surface area contributed by atoms with E-state index in [1.54, 1.807) is 6.20 Å². The van der Waals surface area contributed by atoms with Crippen molar-refractivity contribution in [1.29, 1.82) is 0 Å². The molecule has 0 saturated heterocycles. The van der Waals surface area contributed by atoms with Crippen molar-refractivity contribution in [3.63, 3.8) is 0 Å². The maximum atomic E-state index is 5.60. The molecule has 0 saturated carbocycles. The molecule has 2 aromatic heterocycles. The SMILES string of the molecule is CCC(CCN)CCc1nc2ccncc2[nH]1. The lowest BCUT2D eigenvalue weighted by Crippen LogP contribution is -2.09. The van der Waals surface area contributed by atoms with Gasteiger partial charge in [-0.1, -0.05) is 13.3 Å². The highest BCUT2D eigenvalue weighted by Crippen LogP contribution is 2.16. The number of hydrogen-bond donors (Lipinski definition) is 2. The Morgan fingerprint density at radius 1 is 1.41 bits per heavy atom. The van der Waals surface area contributed by atoms with E-state index in [-0.39, 0.29) is 0 Å². The molecule has 2 rings (SSSR count). The maximum Gasteiger partial charge on any atom is 0.107 e. The van der Waals surface area contributed by atoms with Crippen LogP contribution in [0.25, 0.3) is 11.0 Å². The van der Waals surface area contributed by atoms with Gasteiger partial charge in [-0.15, -0.1) is 0 Å². The summed E-state index contributed by atoms with van der Waals surface area (Å²) in [5, 5.41) is 0. The summed E-state index contributed by atoms with van der Waals surface area (Å²) in [7, 11) is 0. The summed E-state index contributed by atoms with van der Waals surface area (Å²) in [4.78, 5) is 11.9. The first-order valence-electron chi connectivity index (χ1n) is 6.32. The molecule has 1 unspecified atom stereocenters. The van der Waals surface area contributed by atoms with E-state index in [1.807, 2.05) is 12.3 Å². The third kappa shape index (κ3) is 3.03. The molecular formula is C13H20N4. The van der Waals surface area contributed by atoms with Gasteiger partial charge in [0, 0.05) is 12.6 Å². The van der Waals surface area contributed by atoms with Crippen molar-refractivity contribution < 1.29 is 0 Å². The summed E-state index contributed by atoms with van der Waals surface area (Å²) in [6, 6.07) is 1.94. The number of pyridine rings is 1. The average Bonchev–Trinajstić information content (AvgIpc) is 2.77. The maximum absolute atomic E-state index is 5.60. The van der Waals surface area contributed by atoms with E-state index in [0.717, 1.165) is 42.7 Å². The average molecular weight is 232 g/mol. The third-order valence-corrected chi connectivity index (χ3v) is 3.27. The van der Waals surface area contributed by atoms with Gasteiger partial charge in [0.25, 0.3) is 0 Å². The summed E-state index contributed by atoms with van der Waals surface area (Å²) in [5.74, 6) is 1.77. The Morgan fingerprint density at radius 3 is 3.00 bits per heavy atom. The summed E-state index contributed by atoms with van der Waals surface area (Å²) in [6.07, 6.45) is 8.05. The fourth-order valence-electron chi connectivity index (χ4n) is 2.16. The van der Waals surface area contributed by atoms with Gasteiger partial charge in [0.1, 0.15) is 5.82 Å². The second-order valence-electron chi connectivity index (χ2n) is 4.47. The van der Waals surface area contributed by atoms with E-state index in [0.29, 0.717) is 5.92 Å². The number of aromatic nitrogens is 3. The van der Waals surface area contributed by atoms with E-state index < -0.39 is 0 Å². The zero-order valence-corrected chi connectivity index (χ0v) is 10.3. The van der Waals surface area contributed by atoms with Crippen LogP contribution in [0.5, 0.6) is 0 Å². The van der Waals surface area contributed by atoms with Crippen LogP contribution in [-0.2, 0) is 6.42 Å². The molecule has 2 heterocycles. The van der Waals surface area contributed by atoms with Crippen LogP contribution >= 0.6 is 0 Å². The van der Waals surface area contributed by atoms with E-state index in [4.69, 9.17) is 5.73 Å². The molecule has 2 aromatic rings. The molecule has 4 nitrogen and oxygen atoms in total. The van der Waals surface area contributed by atoms with E-state index >= 15 is 0 Å². The third-order valence-electron chi connectivity index (χ3n) is 3.27. The number of fused-ring (bicyclic) bond motifs is 1. The highest BCUT2D eigenvalue weighted by atomic mass is 14.9. The van der Waals surface area contributed by atoms with Crippen molar-refractivity contribution in [3.05, 3.63) is 24.3 Å². The molecule has 0 fully saturated rings. The normalized spacial score (nSPS) is 13.1. The number of nitrogens with one attached hydrogen (secondary N) is 1. The molecule has 4 heteroatoms. The monoisotopic (exact) mass is 232 g/mol. The topological polar surface area (TPSA) is 67.6 Å². The molecule has 1 atom stereocenters. The molecule has 0 bridgehead atoms. The van der Waals surface area contributed by atoms with Crippen LogP contribution < -0.4 is 5.73 Å². The van der Waals surface area contributed by atoms with Crippen LogP contribution in [-0.4, -0.2) is 21.5 Å². The smallest absolute Gasteiger partial charge is 0.107 e. The molecule has 0 radical (unpaired) electrons. The van der Waals surface area contributed by atoms with Crippen molar-refractivity contribution in [1.82, 2.24) is 15.0 Å². The molecule has 0 aliphatic rings. The van der Waals surface area contributed by atoms with Crippen LogP contribution in [0.4, 0.5) is 0 Å². The summed E-state index contributed by atoms with van der Waals surface area (Å²) in [6.45, 7) is 3.01. The quantitative estimate of drug-likeness (QED) is 0.802. The van der Waals surface area contributed by atoms with Crippen molar-refractivity contribution in [2.75, 3.05) is 6.54 Å². The standard InChI is InChI=1S/C13H20N4/c1-2-10(5-7-14)3-4-13-16-11-6-8-15-9-12(11)17-13/h6,8-10H,2-5,7,14H2,1H3,(H,16,17). The fraction of sp³-hybridized carbons (Fsp3) is 0.538. The van der Waals surface area contributed by atoms with Gasteiger partial charge in [0.05, 0.1) is 17.2 Å². The number of imidazole rings is 1. The highest BCUT2D eigenvalue weighted by Gasteiger charge is 2.08. The molecule has 17 heavy (non-hydrogen) atoms. The van der Waals surface area contributed by atoms with Crippen LogP contribution in [0.1, 0.15) is 32.0 Å². The Balaban J connectivity index is 1.98. The fourth-order valence-corrected chi connectivity index (χ4v) is 2.16. The van der Waals surface area contributed by atoms with E-state index in [2.05, 4.69) is 21.9 Å². The van der Waals surface area contributed by atoms with Gasteiger partial charge >= 0.3 is 0 Å². The molecule has 0 aliphatic heterocycles. The van der Waals surface area contributed by atoms with Crippen molar-refractivity contribution in [2.45, 2.75) is 32.6 Å². The predicted molar refractivity (Wildman–Crippen MR) is 69.7 cm³/mol. The van der Waals surface area contributed by atoms with Crippen molar-refractivity contribution >= 4 is 11.0 Å². The lowest BCUT2D eigenvalue weighted by Gasteiger charge is -2.11. The number of hydrogen-bond acceptors (Lipinski definition) is 3. The summed E-state index contributed by atoms with van der Waals surface area (Å²) < 4.78 is 0. The Labute approximate surface area is 102 Å². The van der Waals surface area contributed by atoms with E-state index in [9.17, 15) is 0 Å². The number of aryl methyl sites for hydroxylation is 1.